The number of hydrogen-bond acceptors (Lipinski definition) is 3. The van der Waals surface area contributed by atoms with E-state index in [0.717, 1.165) is 57.2 Å². The molecule has 2 aromatic rings. The highest BCUT2D eigenvalue weighted by atomic mass is 16.5. The number of ether oxygens (including phenoxy) is 1. The van der Waals surface area contributed by atoms with Crippen LogP contribution in [0.1, 0.15) is 44.2 Å². The van der Waals surface area contributed by atoms with Gasteiger partial charge in [-0.25, -0.2) is 4.99 Å². The zero-order valence-electron chi connectivity index (χ0n) is 16.7. The number of aliphatic imine (C=N–C) groups is 1. The van der Waals surface area contributed by atoms with Gasteiger partial charge in [0.15, 0.2) is 5.96 Å². The lowest BCUT2D eigenvalue weighted by atomic mass is 10.2. The summed E-state index contributed by atoms with van der Waals surface area (Å²) in [6, 6.07) is 10.3. The Bertz CT molecular complexity index is 654. The Morgan fingerprint density at radius 2 is 1.89 bits per heavy atom. The predicted molar refractivity (Wildman–Crippen MR) is 111 cm³/mol. The Balaban J connectivity index is 1.75. The maximum absolute atomic E-state index is 5.59. The van der Waals surface area contributed by atoms with Crippen LogP contribution in [0.2, 0.25) is 0 Å². The van der Waals surface area contributed by atoms with Gasteiger partial charge in [0.25, 0.3) is 0 Å². The minimum Gasteiger partial charge on any atom is -0.381 e. The van der Waals surface area contributed by atoms with Gasteiger partial charge in [-0.15, -0.1) is 0 Å². The van der Waals surface area contributed by atoms with Crippen molar-refractivity contribution in [2.75, 3.05) is 26.3 Å². The second-order valence-electron chi connectivity index (χ2n) is 6.47. The first-order valence-electron chi connectivity index (χ1n) is 9.97. The van der Waals surface area contributed by atoms with Crippen LogP contribution >= 0.6 is 0 Å². The molecule has 0 spiro atoms. The third-order valence-electron chi connectivity index (χ3n) is 4.04. The fourth-order valence-corrected chi connectivity index (χ4v) is 2.59. The van der Waals surface area contributed by atoms with Gasteiger partial charge in [-0.1, -0.05) is 43.7 Å². The molecule has 0 atom stereocenters. The molecule has 0 radical (unpaired) electrons. The zero-order valence-corrected chi connectivity index (χ0v) is 16.7. The Morgan fingerprint density at radius 3 is 2.67 bits per heavy atom. The first-order chi connectivity index (χ1) is 13.3. The minimum absolute atomic E-state index is 0.608. The lowest BCUT2D eigenvalue weighted by Gasteiger charge is -2.11. The quantitative estimate of drug-likeness (QED) is 0.342. The fraction of sp³-hybridized carbons (Fsp3) is 0.524. The summed E-state index contributed by atoms with van der Waals surface area (Å²) in [7, 11) is 0. The third kappa shape index (κ3) is 8.73. The molecule has 148 valence electrons. The number of nitrogens with zero attached hydrogens (tertiary/aromatic N) is 3. The van der Waals surface area contributed by atoms with E-state index in [1.807, 2.05) is 29.1 Å². The molecule has 6 nitrogen and oxygen atoms in total. The summed E-state index contributed by atoms with van der Waals surface area (Å²) in [6.45, 7) is 8.98. The highest BCUT2D eigenvalue weighted by molar-refractivity contribution is 5.79. The highest BCUT2D eigenvalue weighted by Gasteiger charge is 2.01. The molecule has 0 bridgehead atoms. The topological polar surface area (TPSA) is 63.5 Å². The van der Waals surface area contributed by atoms with E-state index in [1.165, 1.54) is 12.0 Å². The van der Waals surface area contributed by atoms with Gasteiger partial charge in [0.1, 0.15) is 0 Å². The molecular weight excluding hydrogens is 338 g/mol. The van der Waals surface area contributed by atoms with Crippen LogP contribution in [0.4, 0.5) is 0 Å². The van der Waals surface area contributed by atoms with Crippen molar-refractivity contribution in [3.8, 4) is 0 Å². The van der Waals surface area contributed by atoms with Gasteiger partial charge >= 0.3 is 0 Å². The van der Waals surface area contributed by atoms with Crippen LogP contribution < -0.4 is 10.6 Å². The summed E-state index contributed by atoms with van der Waals surface area (Å²) in [5, 5.41) is 11.1. The van der Waals surface area contributed by atoms with Crippen molar-refractivity contribution in [3.63, 3.8) is 0 Å². The van der Waals surface area contributed by atoms with Gasteiger partial charge in [0.05, 0.1) is 19.3 Å². The smallest absolute Gasteiger partial charge is 0.191 e. The summed E-state index contributed by atoms with van der Waals surface area (Å²) in [5.41, 5.74) is 2.35. The molecule has 1 aromatic carbocycles. The number of benzene rings is 1. The SMILES string of the molecule is CCCCOCCCNC(=NCc1cnn(Cc2ccccc2)c1)NCC. The van der Waals surface area contributed by atoms with Crippen LogP contribution in [0.3, 0.4) is 0 Å². The first kappa shape index (κ1) is 21.0. The van der Waals surface area contributed by atoms with Crippen LogP contribution in [0.15, 0.2) is 47.7 Å². The van der Waals surface area contributed by atoms with Crippen LogP contribution in [0.25, 0.3) is 0 Å². The number of nitrogens with one attached hydrogen (secondary N) is 2. The van der Waals surface area contributed by atoms with Gasteiger partial charge in [-0.05, 0) is 25.3 Å². The number of unbranched alkanes of at least 4 members (excludes halogenated alkanes) is 1. The summed E-state index contributed by atoms with van der Waals surface area (Å²) < 4.78 is 7.54. The van der Waals surface area contributed by atoms with Crippen molar-refractivity contribution in [3.05, 3.63) is 53.9 Å². The van der Waals surface area contributed by atoms with Crippen molar-refractivity contribution in [1.29, 1.82) is 0 Å². The fourth-order valence-electron chi connectivity index (χ4n) is 2.59. The highest BCUT2D eigenvalue weighted by Crippen LogP contribution is 2.05. The Kier molecular flexibility index (Phi) is 10.0. The normalized spacial score (nSPS) is 11.6. The summed E-state index contributed by atoms with van der Waals surface area (Å²) in [6.07, 6.45) is 7.23. The molecule has 6 heteroatoms. The molecule has 0 aliphatic heterocycles. The molecule has 0 amide bonds. The summed E-state index contributed by atoms with van der Waals surface area (Å²) in [5.74, 6) is 0.835. The van der Waals surface area contributed by atoms with Gasteiger partial charge in [-0.3, -0.25) is 4.68 Å². The number of hydrogen-bond donors (Lipinski definition) is 2. The van der Waals surface area contributed by atoms with Crippen molar-refractivity contribution in [1.82, 2.24) is 20.4 Å². The molecule has 27 heavy (non-hydrogen) atoms. The molecule has 0 saturated carbocycles. The van der Waals surface area contributed by atoms with E-state index in [2.05, 4.69) is 52.9 Å². The Hall–Kier alpha value is -2.34. The number of rotatable bonds is 12. The Labute approximate surface area is 163 Å². The molecular formula is C21H33N5O. The predicted octanol–water partition coefficient (Wildman–Crippen LogP) is 3.19. The monoisotopic (exact) mass is 371 g/mol. The van der Waals surface area contributed by atoms with E-state index in [4.69, 9.17) is 4.74 Å². The maximum atomic E-state index is 5.59. The van der Waals surface area contributed by atoms with E-state index in [-0.39, 0.29) is 0 Å². The Morgan fingerprint density at radius 1 is 1.07 bits per heavy atom. The lowest BCUT2D eigenvalue weighted by molar-refractivity contribution is 0.129. The molecule has 0 saturated heterocycles. The molecule has 0 aliphatic carbocycles. The maximum Gasteiger partial charge on any atom is 0.191 e. The van der Waals surface area contributed by atoms with Crippen molar-refractivity contribution in [2.45, 2.75) is 46.2 Å². The summed E-state index contributed by atoms with van der Waals surface area (Å²) in [4.78, 5) is 4.65. The first-order valence-corrected chi connectivity index (χ1v) is 9.97. The molecule has 0 fully saturated rings. The van der Waals surface area contributed by atoms with E-state index in [1.54, 1.807) is 0 Å². The second kappa shape index (κ2) is 12.9. The average Bonchev–Trinajstić information content (AvgIpc) is 3.13. The van der Waals surface area contributed by atoms with Crippen molar-refractivity contribution in [2.24, 2.45) is 4.99 Å². The largest absolute Gasteiger partial charge is 0.381 e. The van der Waals surface area contributed by atoms with Crippen molar-refractivity contribution < 1.29 is 4.74 Å². The van der Waals surface area contributed by atoms with Crippen LogP contribution in [-0.4, -0.2) is 42.0 Å². The van der Waals surface area contributed by atoms with Gasteiger partial charge in [-0.2, -0.15) is 5.10 Å². The van der Waals surface area contributed by atoms with Gasteiger partial charge in [0.2, 0.25) is 0 Å². The molecule has 0 aliphatic rings. The van der Waals surface area contributed by atoms with Crippen LogP contribution in [0, 0.1) is 0 Å². The second-order valence-corrected chi connectivity index (χ2v) is 6.47. The van der Waals surface area contributed by atoms with Gasteiger partial charge in [0, 0.05) is 38.1 Å². The van der Waals surface area contributed by atoms with E-state index >= 15 is 0 Å². The molecule has 1 aromatic heterocycles. The molecule has 0 unspecified atom stereocenters. The van der Waals surface area contributed by atoms with Crippen LogP contribution in [0.5, 0.6) is 0 Å². The van der Waals surface area contributed by atoms with Gasteiger partial charge < -0.3 is 15.4 Å². The van der Waals surface area contributed by atoms with E-state index in [9.17, 15) is 0 Å². The molecule has 2 N–H and O–H groups in total. The lowest BCUT2D eigenvalue weighted by Crippen LogP contribution is -2.38. The summed E-state index contributed by atoms with van der Waals surface area (Å²) >= 11 is 0. The minimum atomic E-state index is 0.608. The number of guanidine groups is 1. The average molecular weight is 372 g/mol. The van der Waals surface area contributed by atoms with E-state index < -0.39 is 0 Å². The third-order valence-corrected chi connectivity index (χ3v) is 4.04. The zero-order chi connectivity index (χ0) is 19.2. The van der Waals surface area contributed by atoms with Crippen molar-refractivity contribution >= 4 is 5.96 Å². The molecule has 2 rings (SSSR count). The van der Waals surface area contributed by atoms with Crippen LogP contribution in [-0.2, 0) is 17.8 Å². The standard InChI is InChI=1S/C21H33N5O/c1-3-5-13-27-14-9-12-23-21(22-4-2)24-15-20-16-25-26(18-20)17-19-10-7-6-8-11-19/h6-8,10-11,16,18H,3-5,9,12-15,17H2,1-2H3,(H2,22,23,24). The number of aromatic nitrogens is 2. The van der Waals surface area contributed by atoms with E-state index in [0.29, 0.717) is 6.54 Å². The molecule has 1 heterocycles.